The van der Waals surface area contributed by atoms with Gasteiger partial charge in [-0.1, -0.05) is 12.1 Å². The van der Waals surface area contributed by atoms with E-state index in [9.17, 15) is 32.3 Å². The van der Waals surface area contributed by atoms with E-state index in [2.05, 4.69) is 20.9 Å². The summed E-state index contributed by atoms with van der Waals surface area (Å²) in [6.07, 6.45) is 1.25. The quantitative estimate of drug-likeness (QED) is 0.187. The Kier molecular flexibility index (Phi) is 8.77. The molecule has 266 valence electrons. The maximum atomic E-state index is 13.3. The van der Waals surface area contributed by atoms with Crippen LogP contribution >= 0.6 is 0 Å². The highest BCUT2D eigenvalue weighted by atomic mass is 19.4. The van der Waals surface area contributed by atoms with Gasteiger partial charge in [0.1, 0.15) is 23.2 Å². The van der Waals surface area contributed by atoms with Crippen LogP contribution in [0.5, 0.6) is 5.75 Å². The van der Waals surface area contributed by atoms with Gasteiger partial charge in [-0.25, -0.2) is 9.78 Å². The number of nitrogens with one attached hydrogen (secondary N) is 3. The molecule has 1 unspecified atom stereocenters. The van der Waals surface area contributed by atoms with E-state index in [-0.39, 0.29) is 41.9 Å². The standard InChI is InChI=1S/C35H35F3N8O5/c1-44-31-22(5-3-7-26(31)46(34(44)50)27-13-14-30(47)42-33(27)49)39-17-19-9-11-21(12-10-19)45-18-20-15-25(28(51-2)16-24(20)43-45)41-32(48)23-6-4-8-29(40-23)35(36,37)38/h3-8,15-16,18-19,21,27,39H,9-14,17H2,1-2H3,(H,41,48)(H,42,47,49). The number of pyridine rings is 1. The number of benzene rings is 2. The van der Waals surface area contributed by atoms with Crippen LogP contribution < -0.4 is 26.4 Å². The van der Waals surface area contributed by atoms with E-state index in [0.29, 0.717) is 34.8 Å². The molecule has 2 aromatic carbocycles. The van der Waals surface area contributed by atoms with Gasteiger partial charge >= 0.3 is 11.9 Å². The Balaban J connectivity index is 1.01. The minimum atomic E-state index is -4.68. The number of carbonyl (C=O) groups excluding carboxylic acids is 3. The molecule has 1 atom stereocenters. The van der Waals surface area contributed by atoms with Crippen LogP contribution in [-0.4, -0.2) is 55.3 Å². The molecule has 1 saturated heterocycles. The maximum Gasteiger partial charge on any atom is 0.433 e. The predicted molar refractivity (Wildman–Crippen MR) is 182 cm³/mol. The van der Waals surface area contributed by atoms with Crippen molar-refractivity contribution in [1.82, 2.24) is 29.2 Å². The van der Waals surface area contributed by atoms with Crippen LogP contribution in [0, 0.1) is 5.92 Å². The number of ether oxygens (including phenoxy) is 1. The molecule has 7 rings (SSSR count). The summed E-state index contributed by atoms with van der Waals surface area (Å²) in [5.74, 6) is -0.942. The third kappa shape index (κ3) is 6.53. The van der Waals surface area contributed by atoms with Crippen molar-refractivity contribution in [3.8, 4) is 5.75 Å². The van der Waals surface area contributed by atoms with Crippen LogP contribution in [0.3, 0.4) is 0 Å². The van der Waals surface area contributed by atoms with Gasteiger partial charge in [0.2, 0.25) is 11.8 Å². The topological polar surface area (TPSA) is 154 Å². The number of alkyl halides is 3. The van der Waals surface area contributed by atoms with Crippen molar-refractivity contribution in [3.63, 3.8) is 0 Å². The number of nitrogens with zero attached hydrogens (tertiary/aromatic N) is 5. The molecule has 5 aromatic rings. The number of aryl methyl sites for hydroxylation is 1. The van der Waals surface area contributed by atoms with Gasteiger partial charge in [0, 0.05) is 37.7 Å². The largest absolute Gasteiger partial charge is 0.494 e. The number of piperidine rings is 1. The number of aromatic nitrogens is 5. The molecule has 0 radical (unpaired) electrons. The van der Waals surface area contributed by atoms with Crippen molar-refractivity contribution < 1.29 is 32.3 Å². The number of hydrogen-bond acceptors (Lipinski definition) is 8. The minimum Gasteiger partial charge on any atom is -0.494 e. The Hall–Kier alpha value is -5.67. The van der Waals surface area contributed by atoms with Gasteiger partial charge in [-0.15, -0.1) is 0 Å². The third-order valence-electron chi connectivity index (χ3n) is 9.76. The lowest BCUT2D eigenvalue weighted by Crippen LogP contribution is -2.44. The fourth-order valence-electron chi connectivity index (χ4n) is 7.11. The molecule has 16 heteroatoms. The normalized spacial score (nSPS) is 19.7. The average molecular weight is 705 g/mol. The van der Waals surface area contributed by atoms with E-state index in [0.717, 1.165) is 48.9 Å². The molecule has 3 aromatic heterocycles. The van der Waals surface area contributed by atoms with Crippen molar-refractivity contribution in [2.24, 2.45) is 13.0 Å². The summed E-state index contributed by atoms with van der Waals surface area (Å²) in [5, 5.41) is 14.0. The summed E-state index contributed by atoms with van der Waals surface area (Å²) in [6.45, 7) is 0.686. The van der Waals surface area contributed by atoms with Crippen LogP contribution in [0.2, 0.25) is 0 Å². The van der Waals surface area contributed by atoms with Crippen molar-refractivity contribution in [2.75, 3.05) is 24.3 Å². The Labute approximate surface area is 288 Å². The summed E-state index contributed by atoms with van der Waals surface area (Å²) in [4.78, 5) is 53.9. The number of carbonyl (C=O) groups is 3. The summed E-state index contributed by atoms with van der Waals surface area (Å²) in [6, 6.07) is 11.5. The molecule has 13 nitrogen and oxygen atoms in total. The molecular weight excluding hydrogens is 669 g/mol. The van der Waals surface area contributed by atoms with Gasteiger partial charge in [-0.3, -0.25) is 33.5 Å². The lowest BCUT2D eigenvalue weighted by Gasteiger charge is -2.29. The van der Waals surface area contributed by atoms with E-state index in [1.54, 1.807) is 19.2 Å². The van der Waals surface area contributed by atoms with Gasteiger partial charge in [-0.2, -0.15) is 18.3 Å². The number of methoxy groups -OCH3 is 1. The first-order valence-electron chi connectivity index (χ1n) is 16.6. The summed E-state index contributed by atoms with van der Waals surface area (Å²) < 4.78 is 49.8. The maximum absolute atomic E-state index is 13.3. The van der Waals surface area contributed by atoms with Crippen molar-refractivity contribution >= 4 is 51.0 Å². The number of rotatable bonds is 8. The SMILES string of the molecule is COc1cc2nn(C3CCC(CNc4cccc5c4n(C)c(=O)n5C4CCC(=O)NC4=O)CC3)cc2cc1NC(=O)c1cccc(C(F)(F)F)n1. The highest BCUT2D eigenvalue weighted by Gasteiger charge is 2.34. The lowest BCUT2D eigenvalue weighted by molar-refractivity contribution is -0.141. The Morgan fingerprint density at radius 3 is 2.51 bits per heavy atom. The van der Waals surface area contributed by atoms with Gasteiger partial charge in [0.25, 0.3) is 5.91 Å². The molecule has 3 amide bonds. The summed E-state index contributed by atoms with van der Waals surface area (Å²) in [5.41, 5.74) is 1.19. The summed E-state index contributed by atoms with van der Waals surface area (Å²) in [7, 11) is 3.11. The fourth-order valence-corrected chi connectivity index (χ4v) is 7.11. The summed E-state index contributed by atoms with van der Waals surface area (Å²) >= 11 is 0. The van der Waals surface area contributed by atoms with Gasteiger partial charge < -0.3 is 15.4 Å². The van der Waals surface area contributed by atoms with Crippen molar-refractivity contribution in [1.29, 1.82) is 0 Å². The molecule has 2 fully saturated rings. The third-order valence-corrected chi connectivity index (χ3v) is 9.76. The second-order valence-corrected chi connectivity index (χ2v) is 13.0. The zero-order valence-corrected chi connectivity index (χ0v) is 27.8. The number of fused-ring (bicyclic) bond motifs is 2. The highest BCUT2D eigenvalue weighted by molar-refractivity contribution is 6.05. The molecule has 1 aliphatic heterocycles. The van der Waals surface area contributed by atoms with E-state index in [1.807, 2.05) is 29.1 Å². The van der Waals surface area contributed by atoms with E-state index >= 15 is 0 Å². The van der Waals surface area contributed by atoms with Crippen molar-refractivity contribution in [2.45, 2.75) is 56.8 Å². The van der Waals surface area contributed by atoms with Crippen LogP contribution in [0.15, 0.2) is 59.5 Å². The number of hydrogen-bond donors (Lipinski definition) is 3. The second-order valence-electron chi connectivity index (χ2n) is 13.0. The Morgan fingerprint density at radius 2 is 1.78 bits per heavy atom. The zero-order valence-electron chi connectivity index (χ0n) is 27.8. The van der Waals surface area contributed by atoms with Gasteiger partial charge in [0.05, 0.1) is 41.1 Å². The van der Waals surface area contributed by atoms with Crippen LogP contribution in [0.4, 0.5) is 24.5 Å². The number of anilines is 2. The Morgan fingerprint density at radius 1 is 1.02 bits per heavy atom. The van der Waals surface area contributed by atoms with Gasteiger partial charge in [0.15, 0.2) is 0 Å². The average Bonchev–Trinajstić information content (AvgIpc) is 3.64. The zero-order chi connectivity index (χ0) is 36.0. The predicted octanol–water partition coefficient (Wildman–Crippen LogP) is 5.19. The smallest absolute Gasteiger partial charge is 0.433 e. The molecule has 1 aliphatic carbocycles. The fraction of sp³-hybridized carbons (Fsp3) is 0.371. The van der Waals surface area contributed by atoms with E-state index in [1.165, 1.54) is 22.3 Å². The second kappa shape index (κ2) is 13.2. The first kappa shape index (κ1) is 33.8. The first-order chi connectivity index (χ1) is 24.4. The lowest BCUT2D eigenvalue weighted by atomic mass is 9.86. The minimum absolute atomic E-state index is 0.138. The molecule has 3 N–H and O–H groups in total. The number of imide groups is 1. The monoisotopic (exact) mass is 704 g/mol. The molecule has 2 aliphatic rings. The van der Waals surface area contributed by atoms with Crippen molar-refractivity contribution in [3.05, 3.63) is 76.6 Å². The van der Waals surface area contributed by atoms with E-state index < -0.39 is 29.7 Å². The van der Waals surface area contributed by atoms with Crippen LogP contribution in [-0.2, 0) is 22.8 Å². The molecular formula is C35H35F3N8O5. The Bertz CT molecular complexity index is 2230. The molecule has 4 heterocycles. The number of para-hydroxylation sites is 1. The van der Waals surface area contributed by atoms with Crippen LogP contribution in [0.25, 0.3) is 21.9 Å². The molecule has 1 saturated carbocycles. The van der Waals surface area contributed by atoms with Crippen LogP contribution in [0.1, 0.15) is 66.8 Å². The van der Waals surface area contributed by atoms with E-state index in [4.69, 9.17) is 9.84 Å². The number of imidazole rings is 1. The molecule has 0 spiro atoms. The molecule has 51 heavy (non-hydrogen) atoms. The van der Waals surface area contributed by atoms with Gasteiger partial charge in [-0.05, 0) is 68.4 Å². The number of halogens is 3. The highest BCUT2D eigenvalue weighted by Crippen LogP contribution is 2.36. The molecule has 0 bridgehead atoms. The number of amides is 3. The first-order valence-corrected chi connectivity index (χ1v) is 16.6.